The summed E-state index contributed by atoms with van der Waals surface area (Å²) < 4.78 is 53.9. The van der Waals surface area contributed by atoms with Gasteiger partial charge in [0, 0.05) is 21.3 Å². The maximum atomic E-state index is 12.4. The monoisotopic (exact) mass is 508 g/mol. The summed E-state index contributed by atoms with van der Waals surface area (Å²) in [6, 6.07) is 0. The van der Waals surface area contributed by atoms with E-state index < -0.39 is 15.6 Å². The van der Waals surface area contributed by atoms with E-state index >= 15 is 0 Å². The molecule has 0 aromatic carbocycles. The summed E-state index contributed by atoms with van der Waals surface area (Å²) in [6.07, 6.45) is 12.0. The minimum absolute atomic E-state index is 0.0210. The van der Waals surface area contributed by atoms with Crippen LogP contribution >= 0.6 is 15.6 Å². The van der Waals surface area contributed by atoms with Gasteiger partial charge in [-0.15, -0.1) is 0 Å². The second-order valence-corrected chi connectivity index (χ2v) is 11.6. The van der Waals surface area contributed by atoms with Crippen LogP contribution in [0.15, 0.2) is 46.6 Å². The Bertz CT molecular complexity index is 771. The summed E-state index contributed by atoms with van der Waals surface area (Å²) in [5, 5.41) is 0. The molecule has 0 aromatic rings. The molecule has 33 heavy (non-hydrogen) atoms. The van der Waals surface area contributed by atoms with E-state index in [0.717, 1.165) is 52.6 Å². The van der Waals surface area contributed by atoms with Crippen molar-refractivity contribution in [1.82, 2.24) is 0 Å². The van der Waals surface area contributed by atoms with Crippen LogP contribution in [0, 0.1) is 0 Å². The van der Waals surface area contributed by atoms with Gasteiger partial charge in [-0.25, -0.2) is 9.13 Å². The van der Waals surface area contributed by atoms with Gasteiger partial charge in [0.2, 0.25) is 0 Å². The van der Waals surface area contributed by atoms with Gasteiger partial charge in [-0.3, -0.25) is 18.1 Å². The van der Waals surface area contributed by atoms with Gasteiger partial charge in [0.25, 0.3) is 0 Å². The molecule has 10 heteroatoms. The number of hydrogen-bond donors (Lipinski definition) is 0. The number of phosphoric ester groups is 2. The molecule has 0 amide bonds. The van der Waals surface area contributed by atoms with E-state index in [0.29, 0.717) is 13.2 Å². The molecule has 0 fully saturated rings. The molecule has 0 aliphatic heterocycles. The fourth-order valence-corrected chi connectivity index (χ4v) is 4.93. The van der Waals surface area contributed by atoms with Gasteiger partial charge in [-0.1, -0.05) is 46.6 Å². The second kappa shape index (κ2) is 17.6. The van der Waals surface area contributed by atoms with E-state index in [1.165, 1.54) is 16.7 Å². The topological polar surface area (TPSA) is 89.5 Å². The lowest BCUT2D eigenvalue weighted by molar-refractivity contribution is 0.150. The zero-order chi connectivity index (χ0) is 25.3. The fraction of sp³-hybridized carbons (Fsp3) is 0.652. The highest BCUT2D eigenvalue weighted by molar-refractivity contribution is 7.62. The minimum Gasteiger partial charge on any atom is -0.373 e. The van der Waals surface area contributed by atoms with E-state index in [9.17, 15) is 9.13 Å². The quantitative estimate of drug-likeness (QED) is 0.106. The molecule has 0 spiro atoms. The Kier molecular flexibility index (Phi) is 17.2. The van der Waals surface area contributed by atoms with Crippen molar-refractivity contribution >= 4 is 15.6 Å². The average Bonchev–Trinajstić information content (AvgIpc) is 2.76. The van der Waals surface area contributed by atoms with Crippen molar-refractivity contribution in [3.63, 3.8) is 0 Å². The molecular weight excluding hydrogens is 466 g/mol. The SMILES string of the molecule is COP(=O)(OC)OP(=O)(OC)OC/C=C(\C)CC/C=C(\C)CC/C=C(\C)COCC=C(C)C. The molecule has 0 heterocycles. The predicted molar refractivity (Wildman–Crippen MR) is 133 cm³/mol. The number of phosphoric acid groups is 2. The number of allylic oxidation sites excluding steroid dienone is 5. The van der Waals surface area contributed by atoms with Gasteiger partial charge < -0.3 is 4.74 Å². The minimum atomic E-state index is -4.07. The Morgan fingerprint density at radius 1 is 0.667 bits per heavy atom. The van der Waals surface area contributed by atoms with Crippen molar-refractivity contribution in [3.8, 4) is 0 Å². The van der Waals surface area contributed by atoms with Crippen molar-refractivity contribution in [3.05, 3.63) is 46.6 Å². The van der Waals surface area contributed by atoms with Crippen LogP contribution in [-0.4, -0.2) is 41.2 Å². The Labute approximate surface area is 200 Å². The Morgan fingerprint density at radius 2 is 1.18 bits per heavy atom. The zero-order valence-corrected chi connectivity index (χ0v) is 23.2. The van der Waals surface area contributed by atoms with Gasteiger partial charge in [-0.2, -0.15) is 4.31 Å². The summed E-state index contributed by atoms with van der Waals surface area (Å²) in [5.41, 5.74) is 4.90. The van der Waals surface area contributed by atoms with E-state index in [-0.39, 0.29) is 6.61 Å². The van der Waals surface area contributed by atoms with Gasteiger partial charge >= 0.3 is 15.6 Å². The number of rotatable bonds is 18. The van der Waals surface area contributed by atoms with Crippen LogP contribution in [0.4, 0.5) is 0 Å². The molecule has 0 rings (SSSR count). The van der Waals surface area contributed by atoms with Crippen LogP contribution in [0.1, 0.15) is 60.3 Å². The molecule has 0 bridgehead atoms. The first kappa shape index (κ1) is 32.2. The maximum absolute atomic E-state index is 12.4. The summed E-state index contributed by atoms with van der Waals surface area (Å²) in [6.45, 7) is 11.6. The third kappa shape index (κ3) is 16.4. The van der Waals surface area contributed by atoms with Crippen LogP contribution < -0.4 is 0 Å². The van der Waals surface area contributed by atoms with Crippen LogP contribution in [0.5, 0.6) is 0 Å². The average molecular weight is 509 g/mol. The van der Waals surface area contributed by atoms with Crippen LogP contribution in [-0.2, 0) is 36.3 Å². The molecule has 0 radical (unpaired) electrons. The van der Waals surface area contributed by atoms with Gasteiger partial charge in [0.15, 0.2) is 0 Å². The smallest absolute Gasteiger partial charge is 0.373 e. The molecule has 0 aliphatic rings. The molecule has 0 N–H and O–H groups in total. The van der Waals surface area contributed by atoms with E-state index in [1.807, 2.05) is 6.92 Å². The number of ether oxygens (including phenoxy) is 1. The molecule has 1 unspecified atom stereocenters. The second-order valence-electron chi connectivity index (χ2n) is 7.84. The molecule has 0 saturated carbocycles. The molecular formula is C23H42O8P2. The van der Waals surface area contributed by atoms with E-state index in [4.69, 9.17) is 18.1 Å². The molecule has 0 saturated heterocycles. The van der Waals surface area contributed by atoms with Crippen molar-refractivity contribution in [2.24, 2.45) is 0 Å². The van der Waals surface area contributed by atoms with Gasteiger partial charge in [0.05, 0.1) is 19.8 Å². The summed E-state index contributed by atoms with van der Waals surface area (Å²) in [5.74, 6) is 0. The highest BCUT2D eigenvalue weighted by Crippen LogP contribution is 2.64. The lowest BCUT2D eigenvalue weighted by Crippen LogP contribution is -2.00. The lowest BCUT2D eigenvalue weighted by Gasteiger charge is -2.19. The van der Waals surface area contributed by atoms with Crippen molar-refractivity contribution in [2.45, 2.75) is 60.3 Å². The van der Waals surface area contributed by atoms with Gasteiger partial charge in [0.1, 0.15) is 0 Å². The standard InChI is InChI=1S/C23H42O8P2/c1-20(2)15-17-29-19-23(5)14-10-12-21(3)11-9-13-22(4)16-18-30-33(25,28-8)31-32(24,26-6)27-7/h11,14-16H,9-10,12-13,17-19H2,1-8H3/b21-11+,22-16+,23-14+. The molecule has 1 atom stereocenters. The highest BCUT2D eigenvalue weighted by Gasteiger charge is 2.38. The molecule has 0 aliphatic carbocycles. The first-order valence-corrected chi connectivity index (χ1v) is 13.8. The lowest BCUT2D eigenvalue weighted by atomic mass is 10.1. The number of hydrogen-bond acceptors (Lipinski definition) is 8. The highest BCUT2D eigenvalue weighted by atomic mass is 31.3. The largest absolute Gasteiger partial charge is 0.483 e. The zero-order valence-electron chi connectivity index (χ0n) is 21.4. The molecule has 0 aromatic heterocycles. The summed E-state index contributed by atoms with van der Waals surface area (Å²) in [7, 11) is -4.71. The van der Waals surface area contributed by atoms with Crippen molar-refractivity contribution in [2.75, 3.05) is 41.2 Å². The Hall–Kier alpha value is -0.820. The molecule has 8 nitrogen and oxygen atoms in total. The summed E-state index contributed by atoms with van der Waals surface area (Å²) in [4.78, 5) is 0. The Balaban J connectivity index is 4.37. The normalized spacial score (nSPS) is 15.5. The van der Waals surface area contributed by atoms with Crippen LogP contribution in [0.2, 0.25) is 0 Å². The predicted octanol–water partition coefficient (Wildman–Crippen LogP) is 7.56. The van der Waals surface area contributed by atoms with Crippen molar-refractivity contribution < 1.29 is 36.3 Å². The Morgan fingerprint density at radius 3 is 1.70 bits per heavy atom. The third-order valence-electron chi connectivity index (χ3n) is 4.54. The molecule has 192 valence electrons. The first-order chi connectivity index (χ1) is 15.5. The maximum Gasteiger partial charge on any atom is 0.483 e. The van der Waals surface area contributed by atoms with E-state index in [2.05, 4.69) is 55.0 Å². The van der Waals surface area contributed by atoms with Crippen LogP contribution in [0.3, 0.4) is 0 Å². The summed E-state index contributed by atoms with van der Waals surface area (Å²) >= 11 is 0. The van der Waals surface area contributed by atoms with Crippen molar-refractivity contribution in [1.29, 1.82) is 0 Å². The third-order valence-corrected chi connectivity index (χ3v) is 7.94. The first-order valence-electron chi connectivity index (χ1n) is 10.9. The fourth-order valence-electron chi connectivity index (χ4n) is 2.45. The van der Waals surface area contributed by atoms with Crippen LogP contribution in [0.25, 0.3) is 0 Å². The van der Waals surface area contributed by atoms with E-state index in [1.54, 1.807) is 6.08 Å². The van der Waals surface area contributed by atoms with Gasteiger partial charge in [-0.05, 0) is 60.3 Å².